The first kappa shape index (κ1) is 14.8. The highest BCUT2D eigenvalue weighted by Crippen LogP contribution is 2.17. The number of amides is 1. The number of rotatable bonds is 5. The van der Waals surface area contributed by atoms with E-state index in [0.29, 0.717) is 11.4 Å². The Morgan fingerprint density at radius 1 is 1.10 bits per heavy atom. The van der Waals surface area contributed by atoms with Crippen LogP contribution in [0.5, 0.6) is 5.75 Å². The van der Waals surface area contributed by atoms with Crippen LogP contribution in [0.4, 0.5) is 11.4 Å². The molecule has 1 aromatic heterocycles. The minimum absolute atomic E-state index is 0.125. The van der Waals surface area contributed by atoms with Gasteiger partial charge in [0.25, 0.3) is 5.91 Å². The Balaban J connectivity index is 2.01. The SMILES string of the molecule is CNc1ccc(C(=O)Nc2ccc(OC(C)C)cc2)nc1. The summed E-state index contributed by atoms with van der Waals surface area (Å²) in [5, 5.41) is 5.76. The minimum atomic E-state index is -0.241. The van der Waals surface area contributed by atoms with E-state index in [1.807, 2.05) is 32.0 Å². The van der Waals surface area contributed by atoms with Crippen LogP contribution in [-0.4, -0.2) is 24.0 Å². The van der Waals surface area contributed by atoms with Crippen LogP contribution in [0.25, 0.3) is 0 Å². The lowest BCUT2D eigenvalue weighted by atomic mass is 10.2. The van der Waals surface area contributed by atoms with E-state index in [4.69, 9.17) is 4.74 Å². The zero-order chi connectivity index (χ0) is 15.2. The van der Waals surface area contributed by atoms with Gasteiger partial charge in [0.1, 0.15) is 11.4 Å². The van der Waals surface area contributed by atoms with Gasteiger partial charge in [0.2, 0.25) is 0 Å². The van der Waals surface area contributed by atoms with Crippen molar-refractivity contribution in [2.45, 2.75) is 20.0 Å². The van der Waals surface area contributed by atoms with Crippen LogP contribution in [0.3, 0.4) is 0 Å². The van der Waals surface area contributed by atoms with Crippen molar-refractivity contribution >= 4 is 17.3 Å². The summed E-state index contributed by atoms with van der Waals surface area (Å²) in [6.45, 7) is 3.94. The molecule has 0 unspecified atom stereocenters. The van der Waals surface area contributed by atoms with Gasteiger partial charge in [-0.05, 0) is 50.2 Å². The number of hydrogen-bond donors (Lipinski definition) is 2. The second kappa shape index (κ2) is 6.74. The third kappa shape index (κ3) is 4.21. The molecule has 0 atom stereocenters. The smallest absolute Gasteiger partial charge is 0.274 e. The quantitative estimate of drug-likeness (QED) is 0.885. The first-order valence-corrected chi connectivity index (χ1v) is 6.80. The van der Waals surface area contributed by atoms with Gasteiger partial charge in [0, 0.05) is 12.7 Å². The van der Waals surface area contributed by atoms with E-state index in [9.17, 15) is 4.79 Å². The number of hydrogen-bond acceptors (Lipinski definition) is 4. The van der Waals surface area contributed by atoms with Gasteiger partial charge < -0.3 is 15.4 Å². The van der Waals surface area contributed by atoms with Gasteiger partial charge in [-0.1, -0.05) is 0 Å². The van der Waals surface area contributed by atoms with E-state index >= 15 is 0 Å². The molecular weight excluding hydrogens is 266 g/mol. The summed E-state index contributed by atoms with van der Waals surface area (Å²) in [6, 6.07) is 10.7. The van der Waals surface area contributed by atoms with E-state index in [2.05, 4.69) is 15.6 Å². The maximum Gasteiger partial charge on any atom is 0.274 e. The Labute approximate surface area is 124 Å². The fourth-order valence-electron chi connectivity index (χ4n) is 1.76. The normalized spacial score (nSPS) is 10.3. The third-order valence-corrected chi connectivity index (χ3v) is 2.77. The van der Waals surface area contributed by atoms with E-state index in [-0.39, 0.29) is 12.0 Å². The summed E-state index contributed by atoms with van der Waals surface area (Å²) in [6.07, 6.45) is 1.74. The lowest BCUT2D eigenvalue weighted by Gasteiger charge is -2.10. The molecule has 5 heteroatoms. The number of nitrogens with zero attached hydrogens (tertiary/aromatic N) is 1. The van der Waals surface area contributed by atoms with Crippen LogP contribution in [0.1, 0.15) is 24.3 Å². The average molecular weight is 285 g/mol. The maximum atomic E-state index is 12.1. The van der Waals surface area contributed by atoms with Crippen LogP contribution >= 0.6 is 0 Å². The standard InChI is InChI=1S/C16H19N3O2/c1-11(2)21-14-7-4-12(5-8-14)19-16(20)15-9-6-13(17-3)10-18-15/h4-11,17H,1-3H3,(H,19,20). The monoisotopic (exact) mass is 285 g/mol. The fraction of sp³-hybridized carbons (Fsp3) is 0.250. The van der Waals surface area contributed by atoms with Gasteiger partial charge in [0.15, 0.2) is 0 Å². The average Bonchev–Trinajstić information content (AvgIpc) is 2.49. The number of carbonyl (C=O) groups excluding carboxylic acids is 1. The zero-order valence-corrected chi connectivity index (χ0v) is 12.4. The largest absolute Gasteiger partial charge is 0.491 e. The topological polar surface area (TPSA) is 63.2 Å². The summed E-state index contributed by atoms with van der Waals surface area (Å²) in [5.74, 6) is 0.537. The molecule has 1 amide bonds. The molecule has 0 bridgehead atoms. The summed E-state index contributed by atoms with van der Waals surface area (Å²) in [5.41, 5.74) is 1.94. The zero-order valence-electron chi connectivity index (χ0n) is 12.4. The van der Waals surface area contributed by atoms with E-state index < -0.39 is 0 Å². The molecule has 0 spiro atoms. The van der Waals surface area contributed by atoms with Crippen LogP contribution in [0.15, 0.2) is 42.6 Å². The van der Waals surface area contributed by atoms with Gasteiger partial charge in [-0.2, -0.15) is 0 Å². The van der Waals surface area contributed by atoms with Crippen molar-refractivity contribution < 1.29 is 9.53 Å². The van der Waals surface area contributed by atoms with E-state index in [1.54, 1.807) is 31.4 Å². The highest BCUT2D eigenvalue weighted by Gasteiger charge is 2.07. The van der Waals surface area contributed by atoms with E-state index in [1.165, 1.54) is 0 Å². The Hall–Kier alpha value is -2.56. The van der Waals surface area contributed by atoms with Crippen molar-refractivity contribution in [3.63, 3.8) is 0 Å². The van der Waals surface area contributed by atoms with Crippen molar-refractivity contribution in [3.05, 3.63) is 48.3 Å². The van der Waals surface area contributed by atoms with Crippen molar-refractivity contribution in [2.75, 3.05) is 17.7 Å². The third-order valence-electron chi connectivity index (χ3n) is 2.77. The highest BCUT2D eigenvalue weighted by atomic mass is 16.5. The molecule has 0 aliphatic carbocycles. The number of ether oxygens (including phenoxy) is 1. The Kier molecular flexibility index (Phi) is 4.77. The van der Waals surface area contributed by atoms with Gasteiger partial charge in [-0.15, -0.1) is 0 Å². The molecular formula is C16H19N3O2. The van der Waals surface area contributed by atoms with Crippen molar-refractivity contribution in [1.82, 2.24) is 4.98 Å². The van der Waals surface area contributed by atoms with Gasteiger partial charge in [0.05, 0.1) is 18.0 Å². The van der Waals surface area contributed by atoms with Gasteiger partial charge in [-0.25, -0.2) is 4.98 Å². The van der Waals surface area contributed by atoms with Crippen LogP contribution < -0.4 is 15.4 Å². The minimum Gasteiger partial charge on any atom is -0.491 e. The molecule has 2 rings (SSSR count). The molecule has 1 aromatic carbocycles. The molecule has 0 aliphatic heterocycles. The molecule has 2 N–H and O–H groups in total. The molecule has 0 saturated heterocycles. The predicted molar refractivity (Wildman–Crippen MR) is 83.9 cm³/mol. The number of benzene rings is 1. The van der Waals surface area contributed by atoms with Crippen molar-refractivity contribution in [3.8, 4) is 5.75 Å². The number of carbonyl (C=O) groups is 1. The number of pyridine rings is 1. The highest BCUT2D eigenvalue weighted by molar-refractivity contribution is 6.02. The van der Waals surface area contributed by atoms with Crippen molar-refractivity contribution in [2.24, 2.45) is 0 Å². The number of anilines is 2. The maximum absolute atomic E-state index is 12.1. The first-order valence-electron chi connectivity index (χ1n) is 6.80. The Bertz CT molecular complexity index is 592. The predicted octanol–water partition coefficient (Wildman–Crippen LogP) is 3.16. The molecule has 0 saturated carbocycles. The molecule has 5 nitrogen and oxygen atoms in total. The second-order valence-electron chi connectivity index (χ2n) is 4.83. The summed E-state index contributed by atoms with van der Waals surface area (Å²) >= 11 is 0. The van der Waals surface area contributed by atoms with Crippen molar-refractivity contribution in [1.29, 1.82) is 0 Å². The lowest BCUT2D eigenvalue weighted by Crippen LogP contribution is -2.13. The molecule has 0 radical (unpaired) electrons. The molecule has 1 heterocycles. The molecule has 0 aliphatic rings. The Morgan fingerprint density at radius 3 is 2.29 bits per heavy atom. The fourth-order valence-corrected chi connectivity index (χ4v) is 1.76. The van der Waals surface area contributed by atoms with Crippen LogP contribution in [0.2, 0.25) is 0 Å². The number of nitrogens with one attached hydrogen (secondary N) is 2. The van der Waals surface area contributed by atoms with Gasteiger partial charge >= 0.3 is 0 Å². The molecule has 110 valence electrons. The molecule has 0 fully saturated rings. The lowest BCUT2D eigenvalue weighted by molar-refractivity contribution is 0.102. The summed E-state index contributed by atoms with van der Waals surface area (Å²) < 4.78 is 5.55. The second-order valence-corrected chi connectivity index (χ2v) is 4.83. The first-order chi connectivity index (χ1) is 10.1. The van der Waals surface area contributed by atoms with Gasteiger partial charge in [-0.3, -0.25) is 4.79 Å². The summed E-state index contributed by atoms with van der Waals surface area (Å²) in [4.78, 5) is 16.2. The van der Waals surface area contributed by atoms with Crippen LogP contribution in [-0.2, 0) is 0 Å². The summed E-state index contributed by atoms with van der Waals surface area (Å²) in [7, 11) is 1.80. The number of aromatic nitrogens is 1. The Morgan fingerprint density at radius 2 is 1.76 bits per heavy atom. The van der Waals surface area contributed by atoms with E-state index in [0.717, 1.165) is 11.4 Å². The van der Waals surface area contributed by atoms with Crippen LogP contribution in [0, 0.1) is 0 Å². The molecule has 2 aromatic rings. The molecule has 21 heavy (non-hydrogen) atoms.